The first-order chi connectivity index (χ1) is 11.7. The zero-order valence-corrected chi connectivity index (χ0v) is 15.7. The van der Waals surface area contributed by atoms with Crippen molar-refractivity contribution in [1.29, 1.82) is 0 Å². The van der Waals surface area contributed by atoms with Gasteiger partial charge < -0.3 is 4.98 Å². The third-order valence-corrected chi connectivity index (χ3v) is 3.72. The maximum absolute atomic E-state index is 4.71. The van der Waals surface area contributed by atoms with Crippen molar-refractivity contribution in [2.45, 2.75) is 47.5 Å². The van der Waals surface area contributed by atoms with Crippen LogP contribution in [0.2, 0.25) is 0 Å². The lowest BCUT2D eigenvalue weighted by atomic mass is 10.1. The topological polar surface area (TPSA) is 28.7 Å². The zero-order chi connectivity index (χ0) is 17.9. The van der Waals surface area contributed by atoms with E-state index in [2.05, 4.69) is 61.8 Å². The zero-order valence-electron chi connectivity index (χ0n) is 15.7. The maximum atomic E-state index is 4.71. The molecule has 0 amide bonds. The Bertz CT molecular complexity index is 742. The molecule has 0 unspecified atom stereocenters. The Morgan fingerprint density at radius 2 is 1.96 bits per heavy atom. The van der Waals surface area contributed by atoms with E-state index in [9.17, 15) is 0 Å². The Morgan fingerprint density at radius 1 is 1.21 bits per heavy atom. The second-order valence-corrected chi connectivity index (χ2v) is 5.21. The molecule has 1 aromatic heterocycles. The van der Waals surface area contributed by atoms with Crippen molar-refractivity contribution in [3.05, 3.63) is 72.1 Å². The molecule has 0 aliphatic rings. The first-order valence-corrected chi connectivity index (χ1v) is 8.86. The number of hydrogen-bond donors (Lipinski definition) is 1. The van der Waals surface area contributed by atoms with Crippen LogP contribution in [0.15, 0.2) is 60.7 Å². The minimum absolute atomic E-state index is 0.900. The van der Waals surface area contributed by atoms with E-state index < -0.39 is 0 Å². The molecular formula is C22H30N2. The number of nitrogens with zero attached hydrogens (tertiary/aromatic N) is 1. The van der Waals surface area contributed by atoms with Gasteiger partial charge in [-0.3, -0.25) is 0 Å². The molecule has 1 heterocycles. The largest absolute Gasteiger partial charge is 0.338 e. The summed E-state index contributed by atoms with van der Waals surface area (Å²) in [6.45, 7) is 14.2. The van der Waals surface area contributed by atoms with E-state index >= 15 is 0 Å². The number of fused-ring (bicyclic) bond motifs is 1. The van der Waals surface area contributed by atoms with E-state index in [1.165, 1.54) is 11.1 Å². The first kappa shape index (κ1) is 19.7. The minimum Gasteiger partial charge on any atom is -0.338 e. The molecule has 0 radical (unpaired) electrons. The Morgan fingerprint density at radius 3 is 2.54 bits per heavy atom. The van der Waals surface area contributed by atoms with Gasteiger partial charge in [-0.2, -0.15) is 0 Å². The van der Waals surface area contributed by atoms with Crippen molar-refractivity contribution in [2.24, 2.45) is 0 Å². The highest BCUT2D eigenvalue weighted by atomic mass is 14.9. The molecule has 2 heteroatoms. The van der Waals surface area contributed by atoms with Crippen LogP contribution in [0, 0.1) is 0 Å². The van der Waals surface area contributed by atoms with Crippen LogP contribution in [0.5, 0.6) is 0 Å². The standard InChI is InChI=1S/C20H24N2.C2H6/c1-5-9-17(12-10-15(6-2)7-3)20-21-18-13-11-16(8-4)14-19(18)22-20;1-2/h5-6,9-14H,2,7-8H2,1,3-4H3,(H,21,22);1-2H3/b9-5+,15-10+,17-12+;. The van der Waals surface area contributed by atoms with E-state index in [1.807, 2.05) is 32.9 Å². The summed E-state index contributed by atoms with van der Waals surface area (Å²) < 4.78 is 0. The molecule has 0 aliphatic carbocycles. The number of rotatable bonds is 6. The normalized spacial score (nSPS) is 12.4. The summed E-state index contributed by atoms with van der Waals surface area (Å²) in [6.07, 6.45) is 12.2. The number of allylic oxidation sites excluding steroid dienone is 7. The lowest BCUT2D eigenvalue weighted by Gasteiger charge is -1.97. The molecule has 2 aromatic rings. The number of nitrogens with one attached hydrogen (secondary N) is 1. The predicted molar refractivity (Wildman–Crippen MR) is 108 cm³/mol. The number of H-pyrrole nitrogens is 1. The number of aryl methyl sites for hydroxylation is 1. The molecule has 2 nitrogen and oxygen atoms in total. The van der Waals surface area contributed by atoms with Gasteiger partial charge in [-0.1, -0.05) is 70.7 Å². The van der Waals surface area contributed by atoms with Crippen molar-refractivity contribution in [2.75, 3.05) is 0 Å². The van der Waals surface area contributed by atoms with Gasteiger partial charge in [0, 0.05) is 5.57 Å². The fraction of sp³-hybridized carbons (Fsp3) is 0.318. The van der Waals surface area contributed by atoms with Crippen LogP contribution in [0.25, 0.3) is 16.6 Å². The molecule has 24 heavy (non-hydrogen) atoms. The van der Waals surface area contributed by atoms with E-state index in [-0.39, 0.29) is 0 Å². The molecule has 0 spiro atoms. The van der Waals surface area contributed by atoms with Crippen molar-refractivity contribution >= 4 is 16.6 Å². The van der Waals surface area contributed by atoms with E-state index in [0.29, 0.717) is 0 Å². The predicted octanol–water partition coefficient (Wildman–Crippen LogP) is 6.63. The lowest BCUT2D eigenvalue weighted by Crippen LogP contribution is -1.84. The van der Waals surface area contributed by atoms with Crippen LogP contribution < -0.4 is 0 Å². The molecule has 0 atom stereocenters. The Labute approximate surface area is 146 Å². The van der Waals surface area contributed by atoms with E-state index in [4.69, 9.17) is 4.98 Å². The number of benzene rings is 1. The average molecular weight is 322 g/mol. The van der Waals surface area contributed by atoms with Gasteiger partial charge in [-0.05, 0) is 43.0 Å². The van der Waals surface area contributed by atoms with Crippen LogP contribution in [-0.4, -0.2) is 9.97 Å². The molecule has 1 N–H and O–H groups in total. The summed E-state index contributed by atoms with van der Waals surface area (Å²) >= 11 is 0. The van der Waals surface area contributed by atoms with E-state index in [0.717, 1.165) is 35.3 Å². The third kappa shape index (κ3) is 5.09. The number of aromatic nitrogens is 2. The highest BCUT2D eigenvalue weighted by Gasteiger charge is 2.06. The van der Waals surface area contributed by atoms with Crippen molar-refractivity contribution < 1.29 is 0 Å². The van der Waals surface area contributed by atoms with Gasteiger partial charge in [-0.15, -0.1) is 0 Å². The quantitative estimate of drug-likeness (QED) is 0.594. The summed E-state index contributed by atoms with van der Waals surface area (Å²) in [7, 11) is 0. The first-order valence-electron chi connectivity index (χ1n) is 8.86. The van der Waals surface area contributed by atoms with Crippen LogP contribution in [-0.2, 0) is 6.42 Å². The van der Waals surface area contributed by atoms with E-state index in [1.54, 1.807) is 0 Å². The molecule has 0 saturated heterocycles. The maximum Gasteiger partial charge on any atom is 0.138 e. The number of imidazole rings is 1. The Kier molecular flexibility index (Phi) is 8.56. The summed E-state index contributed by atoms with van der Waals surface area (Å²) in [5.41, 5.74) is 5.70. The van der Waals surface area contributed by atoms with Crippen LogP contribution >= 0.6 is 0 Å². The second kappa shape index (κ2) is 10.4. The Hall–Kier alpha value is -2.35. The monoisotopic (exact) mass is 322 g/mol. The fourth-order valence-electron chi connectivity index (χ4n) is 2.33. The van der Waals surface area contributed by atoms with Gasteiger partial charge in [-0.25, -0.2) is 4.98 Å². The van der Waals surface area contributed by atoms with Gasteiger partial charge in [0.05, 0.1) is 11.0 Å². The van der Waals surface area contributed by atoms with Gasteiger partial charge in [0.2, 0.25) is 0 Å². The van der Waals surface area contributed by atoms with Gasteiger partial charge in [0.1, 0.15) is 5.82 Å². The summed E-state index contributed by atoms with van der Waals surface area (Å²) in [5, 5.41) is 0. The van der Waals surface area contributed by atoms with Crippen molar-refractivity contribution in [3.8, 4) is 0 Å². The van der Waals surface area contributed by atoms with Gasteiger partial charge in [0.15, 0.2) is 0 Å². The summed E-state index contributed by atoms with van der Waals surface area (Å²) in [6, 6.07) is 6.40. The molecule has 0 bridgehead atoms. The van der Waals surface area contributed by atoms with Crippen LogP contribution in [0.1, 0.15) is 52.4 Å². The molecule has 2 rings (SSSR count). The highest BCUT2D eigenvalue weighted by molar-refractivity contribution is 5.82. The third-order valence-electron chi connectivity index (χ3n) is 3.72. The van der Waals surface area contributed by atoms with Crippen molar-refractivity contribution in [3.63, 3.8) is 0 Å². The Balaban J connectivity index is 0.00000139. The summed E-state index contributed by atoms with van der Waals surface area (Å²) in [4.78, 5) is 8.14. The molecule has 128 valence electrons. The van der Waals surface area contributed by atoms with Crippen LogP contribution in [0.3, 0.4) is 0 Å². The van der Waals surface area contributed by atoms with Crippen LogP contribution in [0.4, 0.5) is 0 Å². The second-order valence-electron chi connectivity index (χ2n) is 5.21. The highest BCUT2D eigenvalue weighted by Crippen LogP contribution is 2.20. The number of hydrogen-bond acceptors (Lipinski definition) is 1. The molecule has 0 fully saturated rings. The smallest absolute Gasteiger partial charge is 0.138 e. The van der Waals surface area contributed by atoms with Gasteiger partial charge in [0.25, 0.3) is 0 Å². The minimum atomic E-state index is 0.900. The van der Waals surface area contributed by atoms with Crippen molar-refractivity contribution in [1.82, 2.24) is 9.97 Å². The lowest BCUT2D eigenvalue weighted by molar-refractivity contribution is 1.14. The summed E-state index contributed by atoms with van der Waals surface area (Å²) in [5.74, 6) is 0.900. The van der Waals surface area contributed by atoms with Gasteiger partial charge >= 0.3 is 0 Å². The average Bonchev–Trinajstić information content (AvgIpc) is 3.06. The number of aromatic amines is 1. The molecule has 1 aromatic carbocycles. The fourth-order valence-corrected chi connectivity index (χ4v) is 2.33. The SMILES string of the molecule is C=C\C(=C/C=C(\C=C\C)c1nc2ccc(CC)cc2[nH]1)CC.CC. The molecule has 0 aliphatic heterocycles. The molecule has 0 saturated carbocycles. The molecular weight excluding hydrogens is 292 g/mol.